The number of carbonyl (C=O) groups excluding carboxylic acids is 1. The molecule has 150 valence electrons. The number of aromatic nitrogens is 3. The molecular formula is C24H22N4O2. The number of hydrogen-bond acceptors (Lipinski definition) is 4. The second-order valence-electron chi connectivity index (χ2n) is 6.77. The van der Waals surface area contributed by atoms with Crippen molar-refractivity contribution in [2.45, 2.75) is 12.8 Å². The molecule has 1 aromatic heterocycles. The number of para-hydroxylation sites is 1. The Balaban J connectivity index is 1.58. The van der Waals surface area contributed by atoms with Gasteiger partial charge < -0.3 is 10.1 Å². The molecule has 0 fully saturated rings. The highest BCUT2D eigenvalue weighted by Crippen LogP contribution is 2.17. The molecule has 0 saturated heterocycles. The van der Waals surface area contributed by atoms with Gasteiger partial charge in [0.25, 0.3) is 5.91 Å². The molecule has 3 aromatic carbocycles. The molecule has 4 rings (SSSR count). The van der Waals surface area contributed by atoms with Crippen LogP contribution in [0.2, 0.25) is 0 Å². The summed E-state index contributed by atoms with van der Waals surface area (Å²) in [7, 11) is 1.60. The van der Waals surface area contributed by atoms with E-state index in [-0.39, 0.29) is 11.7 Å². The number of benzene rings is 3. The van der Waals surface area contributed by atoms with Crippen LogP contribution in [0.5, 0.6) is 5.75 Å². The fraction of sp³-hybridized carbons (Fsp3) is 0.125. The summed E-state index contributed by atoms with van der Waals surface area (Å²) < 4.78 is 6.89. The molecule has 0 unspecified atom stereocenters. The molecule has 1 amide bonds. The van der Waals surface area contributed by atoms with Gasteiger partial charge in [-0.3, -0.25) is 4.79 Å². The van der Waals surface area contributed by atoms with E-state index in [0.717, 1.165) is 23.7 Å². The Hall–Kier alpha value is -3.93. The van der Waals surface area contributed by atoms with Crippen LogP contribution >= 0.6 is 0 Å². The maximum atomic E-state index is 12.8. The van der Waals surface area contributed by atoms with Gasteiger partial charge in [0, 0.05) is 12.1 Å². The lowest BCUT2D eigenvalue weighted by Crippen LogP contribution is -2.14. The van der Waals surface area contributed by atoms with E-state index in [1.165, 1.54) is 5.56 Å². The van der Waals surface area contributed by atoms with Crippen LogP contribution in [0.15, 0.2) is 84.9 Å². The van der Waals surface area contributed by atoms with Crippen molar-refractivity contribution in [1.29, 1.82) is 0 Å². The molecule has 0 aliphatic carbocycles. The van der Waals surface area contributed by atoms with E-state index in [9.17, 15) is 4.79 Å². The van der Waals surface area contributed by atoms with Gasteiger partial charge >= 0.3 is 0 Å². The van der Waals surface area contributed by atoms with Crippen molar-refractivity contribution in [3.8, 4) is 11.4 Å². The number of amides is 1. The summed E-state index contributed by atoms with van der Waals surface area (Å²) in [5, 5.41) is 7.33. The zero-order valence-corrected chi connectivity index (χ0v) is 16.7. The monoisotopic (exact) mass is 398 g/mol. The van der Waals surface area contributed by atoms with Gasteiger partial charge in [-0.15, -0.1) is 5.10 Å². The van der Waals surface area contributed by atoms with Crippen LogP contribution in [0.4, 0.5) is 5.69 Å². The van der Waals surface area contributed by atoms with E-state index in [2.05, 4.69) is 27.5 Å². The first-order chi connectivity index (χ1) is 14.7. The minimum atomic E-state index is -0.351. The van der Waals surface area contributed by atoms with Crippen LogP contribution in [0.3, 0.4) is 0 Å². The van der Waals surface area contributed by atoms with Crippen molar-refractivity contribution in [1.82, 2.24) is 14.8 Å². The molecule has 30 heavy (non-hydrogen) atoms. The van der Waals surface area contributed by atoms with Crippen LogP contribution in [0.25, 0.3) is 5.69 Å². The SMILES string of the molecule is COc1ccc(NC(=O)c2nc(CCc3ccccc3)n(-c3ccccc3)n2)cc1. The summed E-state index contributed by atoms with van der Waals surface area (Å²) in [5.74, 6) is 1.25. The molecule has 0 aliphatic heterocycles. The van der Waals surface area contributed by atoms with Crippen molar-refractivity contribution >= 4 is 11.6 Å². The number of nitrogens with zero attached hydrogens (tertiary/aromatic N) is 3. The van der Waals surface area contributed by atoms with Crippen molar-refractivity contribution in [3.63, 3.8) is 0 Å². The summed E-state index contributed by atoms with van der Waals surface area (Å²) in [6, 6.07) is 27.1. The summed E-state index contributed by atoms with van der Waals surface area (Å²) in [6.45, 7) is 0. The summed E-state index contributed by atoms with van der Waals surface area (Å²) >= 11 is 0. The van der Waals surface area contributed by atoms with Gasteiger partial charge in [-0.1, -0.05) is 48.5 Å². The molecule has 0 saturated carbocycles. The lowest BCUT2D eigenvalue weighted by molar-refractivity contribution is 0.101. The number of anilines is 1. The van der Waals surface area contributed by atoms with Crippen molar-refractivity contribution < 1.29 is 9.53 Å². The normalized spacial score (nSPS) is 10.6. The third-order valence-electron chi connectivity index (χ3n) is 4.71. The average molecular weight is 398 g/mol. The molecule has 0 aliphatic rings. The van der Waals surface area contributed by atoms with E-state index >= 15 is 0 Å². The number of rotatable bonds is 7. The van der Waals surface area contributed by atoms with E-state index in [1.54, 1.807) is 36.1 Å². The highest BCUT2D eigenvalue weighted by atomic mass is 16.5. The lowest BCUT2D eigenvalue weighted by Gasteiger charge is -2.05. The maximum Gasteiger partial charge on any atom is 0.295 e. The minimum absolute atomic E-state index is 0.137. The predicted octanol–water partition coefficient (Wildman–Crippen LogP) is 4.31. The summed E-state index contributed by atoms with van der Waals surface area (Å²) in [4.78, 5) is 17.3. The molecule has 0 spiro atoms. The Morgan fingerprint density at radius 2 is 1.57 bits per heavy atom. The molecule has 0 bridgehead atoms. The third kappa shape index (κ3) is 4.55. The molecule has 0 atom stereocenters. The predicted molar refractivity (Wildman–Crippen MR) is 116 cm³/mol. The number of hydrogen-bond donors (Lipinski definition) is 1. The number of ether oxygens (including phenoxy) is 1. The molecule has 1 heterocycles. The molecule has 6 nitrogen and oxygen atoms in total. The number of methoxy groups -OCH3 is 1. The van der Waals surface area contributed by atoms with Gasteiger partial charge in [-0.2, -0.15) is 0 Å². The van der Waals surface area contributed by atoms with Gasteiger partial charge in [0.15, 0.2) is 0 Å². The van der Waals surface area contributed by atoms with Gasteiger partial charge in [0.05, 0.1) is 12.8 Å². The molecule has 1 N–H and O–H groups in total. The van der Waals surface area contributed by atoms with E-state index < -0.39 is 0 Å². The second-order valence-corrected chi connectivity index (χ2v) is 6.77. The highest BCUT2D eigenvalue weighted by molar-refractivity contribution is 6.01. The second kappa shape index (κ2) is 9.05. The zero-order valence-electron chi connectivity index (χ0n) is 16.7. The van der Waals surface area contributed by atoms with E-state index in [4.69, 9.17) is 4.74 Å². The standard InChI is InChI=1S/C24H22N4O2/c1-30-21-15-13-19(14-16-21)25-24(29)23-26-22(17-12-18-8-4-2-5-9-18)28(27-23)20-10-6-3-7-11-20/h2-11,13-16H,12,17H2,1H3,(H,25,29). The quantitative estimate of drug-likeness (QED) is 0.504. The Morgan fingerprint density at radius 3 is 2.23 bits per heavy atom. The van der Waals surface area contributed by atoms with Crippen LogP contribution in [0.1, 0.15) is 22.0 Å². The Kier molecular flexibility index (Phi) is 5.85. The van der Waals surface area contributed by atoms with Crippen LogP contribution in [0, 0.1) is 0 Å². The first kappa shape index (κ1) is 19.4. The summed E-state index contributed by atoms with van der Waals surface area (Å²) in [6.07, 6.45) is 1.48. The number of nitrogens with one attached hydrogen (secondary N) is 1. The highest BCUT2D eigenvalue weighted by Gasteiger charge is 2.17. The van der Waals surface area contributed by atoms with Crippen LogP contribution in [-0.4, -0.2) is 27.8 Å². The molecule has 0 radical (unpaired) electrons. The smallest absolute Gasteiger partial charge is 0.295 e. The zero-order chi connectivity index (χ0) is 20.8. The van der Waals surface area contributed by atoms with Gasteiger partial charge in [-0.05, 0) is 48.4 Å². The maximum absolute atomic E-state index is 12.8. The van der Waals surface area contributed by atoms with Gasteiger partial charge in [0.1, 0.15) is 11.6 Å². The largest absolute Gasteiger partial charge is 0.497 e. The Bertz CT molecular complexity index is 1110. The minimum Gasteiger partial charge on any atom is -0.497 e. The van der Waals surface area contributed by atoms with Crippen molar-refractivity contribution in [3.05, 3.63) is 102 Å². The third-order valence-corrected chi connectivity index (χ3v) is 4.71. The number of aryl methyl sites for hydroxylation is 2. The van der Waals surface area contributed by atoms with Crippen molar-refractivity contribution in [2.24, 2.45) is 0 Å². The topological polar surface area (TPSA) is 69.0 Å². The Morgan fingerprint density at radius 1 is 0.900 bits per heavy atom. The van der Waals surface area contributed by atoms with Crippen molar-refractivity contribution in [2.75, 3.05) is 12.4 Å². The fourth-order valence-corrected chi connectivity index (χ4v) is 3.14. The van der Waals surface area contributed by atoms with Crippen LogP contribution in [-0.2, 0) is 12.8 Å². The fourth-order valence-electron chi connectivity index (χ4n) is 3.14. The first-order valence-corrected chi connectivity index (χ1v) is 9.73. The Labute approximate surface area is 175 Å². The molecular weight excluding hydrogens is 376 g/mol. The first-order valence-electron chi connectivity index (χ1n) is 9.73. The lowest BCUT2D eigenvalue weighted by atomic mass is 10.1. The molecule has 4 aromatic rings. The molecule has 6 heteroatoms. The van der Waals surface area contributed by atoms with Gasteiger partial charge in [-0.25, -0.2) is 9.67 Å². The number of carbonyl (C=O) groups is 1. The van der Waals surface area contributed by atoms with E-state index in [1.807, 2.05) is 48.5 Å². The van der Waals surface area contributed by atoms with Gasteiger partial charge in [0.2, 0.25) is 5.82 Å². The summed E-state index contributed by atoms with van der Waals surface area (Å²) in [5.41, 5.74) is 2.74. The average Bonchev–Trinajstić information content (AvgIpc) is 3.24. The van der Waals surface area contributed by atoms with E-state index in [0.29, 0.717) is 12.1 Å². The van der Waals surface area contributed by atoms with Crippen LogP contribution < -0.4 is 10.1 Å².